The molecule has 1 amide bonds. The van der Waals surface area contributed by atoms with Crippen LogP contribution in [0.2, 0.25) is 0 Å². The SMILES string of the molecule is Cc1nc(C(C)NC(=O)c2coc(COc3cccc4cccnc34)n2)cs1. The summed E-state index contributed by atoms with van der Waals surface area (Å²) in [5.74, 6) is 0.630. The van der Waals surface area contributed by atoms with Gasteiger partial charge in [-0.05, 0) is 26.0 Å². The Morgan fingerprint density at radius 1 is 1.29 bits per heavy atom. The predicted octanol–water partition coefficient (Wildman–Crippen LogP) is 4.06. The third-order valence-corrected chi connectivity index (χ3v) is 4.95. The zero-order chi connectivity index (χ0) is 19.5. The van der Waals surface area contributed by atoms with Gasteiger partial charge in [0.1, 0.15) is 17.5 Å². The fourth-order valence-electron chi connectivity index (χ4n) is 2.74. The number of thiazole rings is 1. The molecule has 3 aromatic heterocycles. The zero-order valence-electron chi connectivity index (χ0n) is 15.4. The minimum Gasteiger partial charge on any atom is -0.482 e. The number of nitrogens with one attached hydrogen (secondary N) is 1. The maximum Gasteiger partial charge on any atom is 0.273 e. The average Bonchev–Trinajstić information content (AvgIpc) is 3.35. The number of carbonyl (C=O) groups is 1. The van der Waals surface area contributed by atoms with Crippen LogP contribution in [0.15, 0.2) is 52.6 Å². The molecule has 1 aromatic carbocycles. The number of amides is 1. The molecule has 0 fully saturated rings. The zero-order valence-corrected chi connectivity index (χ0v) is 16.2. The second kappa shape index (κ2) is 7.77. The Labute approximate surface area is 165 Å². The second-order valence-corrected chi connectivity index (χ2v) is 7.30. The quantitative estimate of drug-likeness (QED) is 0.530. The lowest BCUT2D eigenvalue weighted by Gasteiger charge is -2.09. The summed E-state index contributed by atoms with van der Waals surface area (Å²) in [4.78, 5) is 25.3. The molecule has 7 nitrogen and oxygen atoms in total. The molecule has 0 saturated heterocycles. The van der Waals surface area contributed by atoms with E-state index in [2.05, 4.69) is 20.3 Å². The Hall–Kier alpha value is -3.26. The van der Waals surface area contributed by atoms with Crippen LogP contribution in [0.5, 0.6) is 5.75 Å². The standard InChI is InChI=1S/C20H18N4O3S/c1-12(16-11-28-13(2)23-16)22-20(25)15-9-27-18(24-15)10-26-17-7-3-5-14-6-4-8-21-19(14)17/h3-9,11-12H,10H2,1-2H3,(H,22,25). The normalized spacial score (nSPS) is 12.1. The monoisotopic (exact) mass is 394 g/mol. The van der Waals surface area contributed by atoms with Crippen LogP contribution in [0, 0.1) is 6.92 Å². The average molecular weight is 394 g/mol. The number of pyridine rings is 1. The van der Waals surface area contributed by atoms with E-state index in [1.165, 1.54) is 6.26 Å². The van der Waals surface area contributed by atoms with Crippen molar-refractivity contribution in [1.29, 1.82) is 0 Å². The summed E-state index contributed by atoms with van der Waals surface area (Å²) in [5, 5.41) is 6.74. The molecule has 8 heteroatoms. The summed E-state index contributed by atoms with van der Waals surface area (Å²) >= 11 is 1.55. The Bertz CT molecular complexity index is 1120. The molecule has 0 spiro atoms. The van der Waals surface area contributed by atoms with Gasteiger partial charge in [0, 0.05) is 17.0 Å². The van der Waals surface area contributed by atoms with Gasteiger partial charge >= 0.3 is 0 Å². The van der Waals surface area contributed by atoms with E-state index < -0.39 is 0 Å². The summed E-state index contributed by atoms with van der Waals surface area (Å²) in [6.45, 7) is 3.91. The minimum atomic E-state index is -0.319. The Morgan fingerprint density at radius 2 is 2.14 bits per heavy atom. The predicted molar refractivity (Wildman–Crippen MR) is 105 cm³/mol. The van der Waals surface area contributed by atoms with E-state index in [1.807, 2.05) is 49.6 Å². The molecule has 142 valence electrons. The van der Waals surface area contributed by atoms with Gasteiger partial charge in [0.2, 0.25) is 5.89 Å². The largest absolute Gasteiger partial charge is 0.482 e. The Kier molecular flexibility index (Phi) is 5.03. The molecule has 0 saturated carbocycles. The van der Waals surface area contributed by atoms with Crippen LogP contribution >= 0.6 is 11.3 Å². The fraction of sp³-hybridized carbons (Fsp3) is 0.200. The number of aryl methyl sites for hydroxylation is 1. The van der Waals surface area contributed by atoms with Crippen LogP contribution in [0.4, 0.5) is 0 Å². The molecule has 0 aliphatic carbocycles. The van der Waals surface area contributed by atoms with E-state index >= 15 is 0 Å². The van der Waals surface area contributed by atoms with Gasteiger partial charge in [0.05, 0.1) is 16.7 Å². The van der Waals surface area contributed by atoms with Gasteiger partial charge in [0.15, 0.2) is 12.3 Å². The van der Waals surface area contributed by atoms with Crippen LogP contribution in [0.3, 0.4) is 0 Å². The number of rotatable bonds is 6. The number of fused-ring (bicyclic) bond motifs is 1. The first-order valence-electron chi connectivity index (χ1n) is 8.74. The van der Waals surface area contributed by atoms with Crippen molar-refractivity contribution in [1.82, 2.24) is 20.3 Å². The Morgan fingerprint density at radius 3 is 2.96 bits per heavy atom. The smallest absolute Gasteiger partial charge is 0.273 e. The molecule has 4 rings (SSSR count). The molecular formula is C20H18N4O3S. The number of nitrogens with zero attached hydrogens (tertiary/aromatic N) is 3. The molecule has 0 aliphatic rings. The number of para-hydroxylation sites is 1. The third-order valence-electron chi connectivity index (χ3n) is 4.16. The molecule has 0 bridgehead atoms. The molecule has 1 unspecified atom stereocenters. The van der Waals surface area contributed by atoms with Gasteiger partial charge in [0.25, 0.3) is 5.91 Å². The summed E-state index contributed by atoms with van der Waals surface area (Å²) in [5.41, 5.74) is 1.79. The summed E-state index contributed by atoms with van der Waals surface area (Å²) in [6.07, 6.45) is 3.04. The highest BCUT2D eigenvalue weighted by atomic mass is 32.1. The lowest BCUT2D eigenvalue weighted by atomic mass is 10.2. The van der Waals surface area contributed by atoms with Crippen molar-refractivity contribution in [2.75, 3.05) is 0 Å². The van der Waals surface area contributed by atoms with E-state index in [0.29, 0.717) is 11.6 Å². The second-order valence-electron chi connectivity index (χ2n) is 6.23. The van der Waals surface area contributed by atoms with E-state index in [9.17, 15) is 4.79 Å². The highest BCUT2D eigenvalue weighted by molar-refractivity contribution is 7.09. The maximum absolute atomic E-state index is 12.4. The summed E-state index contributed by atoms with van der Waals surface area (Å²) < 4.78 is 11.2. The first kappa shape index (κ1) is 18.1. The first-order valence-corrected chi connectivity index (χ1v) is 9.62. The number of oxazole rings is 1. The molecule has 3 heterocycles. The number of hydrogen-bond donors (Lipinski definition) is 1. The van der Waals surface area contributed by atoms with Crippen molar-refractivity contribution in [2.45, 2.75) is 26.5 Å². The summed E-state index contributed by atoms with van der Waals surface area (Å²) in [7, 11) is 0. The van der Waals surface area contributed by atoms with Crippen LogP contribution in [0.1, 0.15) is 40.0 Å². The molecule has 0 radical (unpaired) electrons. The maximum atomic E-state index is 12.4. The van der Waals surface area contributed by atoms with Crippen LogP contribution in [-0.2, 0) is 6.61 Å². The van der Waals surface area contributed by atoms with E-state index in [1.54, 1.807) is 17.5 Å². The number of benzene rings is 1. The molecule has 4 aromatic rings. The number of carbonyl (C=O) groups excluding carboxylic acids is 1. The van der Waals surface area contributed by atoms with Gasteiger partial charge in [-0.3, -0.25) is 9.78 Å². The van der Waals surface area contributed by atoms with Gasteiger partial charge in [-0.25, -0.2) is 9.97 Å². The van der Waals surface area contributed by atoms with E-state index in [-0.39, 0.29) is 24.2 Å². The third kappa shape index (κ3) is 3.86. The number of ether oxygens (including phenoxy) is 1. The van der Waals surface area contributed by atoms with Crippen molar-refractivity contribution in [3.8, 4) is 5.75 Å². The fourth-order valence-corrected chi connectivity index (χ4v) is 3.44. The van der Waals surface area contributed by atoms with Crippen molar-refractivity contribution in [3.05, 3.63) is 70.5 Å². The summed E-state index contributed by atoms with van der Waals surface area (Å²) in [6, 6.07) is 9.33. The van der Waals surface area contributed by atoms with Crippen molar-refractivity contribution in [3.63, 3.8) is 0 Å². The van der Waals surface area contributed by atoms with Gasteiger partial charge in [-0.15, -0.1) is 11.3 Å². The van der Waals surface area contributed by atoms with Crippen molar-refractivity contribution >= 4 is 28.1 Å². The molecule has 28 heavy (non-hydrogen) atoms. The van der Waals surface area contributed by atoms with Crippen LogP contribution < -0.4 is 10.1 Å². The highest BCUT2D eigenvalue weighted by Crippen LogP contribution is 2.24. The van der Waals surface area contributed by atoms with Gasteiger partial charge in [-0.2, -0.15) is 0 Å². The minimum absolute atomic E-state index is 0.101. The van der Waals surface area contributed by atoms with Crippen molar-refractivity contribution < 1.29 is 13.9 Å². The molecular weight excluding hydrogens is 376 g/mol. The number of hydrogen-bond acceptors (Lipinski definition) is 7. The number of aromatic nitrogens is 3. The van der Waals surface area contributed by atoms with E-state index in [4.69, 9.17) is 9.15 Å². The van der Waals surface area contributed by atoms with Crippen molar-refractivity contribution in [2.24, 2.45) is 0 Å². The topological polar surface area (TPSA) is 90.1 Å². The van der Waals surface area contributed by atoms with Gasteiger partial charge in [-0.1, -0.05) is 18.2 Å². The lowest BCUT2D eigenvalue weighted by Crippen LogP contribution is -2.27. The lowest BCUT2D eigenvalue weighted by molar-refractivity contribution is 0.0934. The van der Waals surface area contributed by atoms with E-state index in [0.717, 1.165) is 21.6 Å². The Balaban J connectivity index is 1.40. The molecule has 0 aliphatic heterocycles. The van der Waals surface area contributed by atoms with Crippen LogP contribution in [0.25, 0.3) is 10.9 Å². The first-order chi connectivity index (χ1) is 13.6. The van der Waals surface area contributed by atoms with Crippen LogP contribution in [-0.4, -0.2) is 20.9 Å². The van der Waals surface area contributed by atoms with Gasteiger partial charge < -0.3 is 14.5 Å². The molecule has 1 atom stereocenters. The highest BCUT2D eigenvalue weighted by Gasteiger charge is 2.17. The molecule has 1 N–H and O–H groups in total.